The molecule has 0 radical (unpaired) electrons. The van der Waals surface area contributed by atoms with E-state index in [1.807, 2.05) is 24.0 Å². The summed E-state index contributed by atoms with van der Waals surface area (Å²) in [6.45, 7) is 8.76. The molecule has 1 unspecified atom stereocenters. The minimum Gasteiger partial charge on any atom is -0.493 e. The topological polar surface area (TPSA) is 90.9 Å². The molecule has 3 N–H and O–H groups in total. The Hall–Kier alpha value is -2.97. The first-order chi connectivity index (χ1) is 19.8. The Morgan fingerprint density at radius 3 is 2.66 bits per heavy atom. The van der Waals surface area contributed by atoms with Gasteiger partial charge in [-0.3, -0.25) is 9.59 Å². The molecule has 0 spiro atoms. The molecule has 2 amide bonds. The van der Waals surface area contributed by atoms with Crippen LogP contribution in [0.1, 0.15) is 76.0 Å². The van der Waals surface area contributed by atoms with Crippen molar-refractivity contribution in [2.75, 3.05) is 26.2 Å². The van der Waals surface area contributed by atoms with Crippen LogP contribution in [-0.2, 0) is 29.0 Å². The summed E-state index contributed by atoms with van der Waals surface area (Å²) in [5.74, 6) is -0.0975. The van der Waals surface area contributed by atoms with Crippen LogP contribution in [0, 0.1) is 11.7 Å². The number of hydrogen-bond acceptors (Lipinski definition) is 5. The van der Waals surface area contributed by atoms with Gasteiger partial charge in [0, 0.05) is 45.1 Å². The number of rotatable bonds is 10. The minimum absolute atomic E-state index is 0.0365. The molecule has 0 aliphatic carbocycles. The third-order valence-electron chi connectivity index (χ3n) is 7.68. The second kappa shape index (κ2) is 17.1. The molecule has 41 heavy (non-hydrogen) atoms. The standard InChI is InChI=1S/C33H48FN3O4/c1-4-8-25-13-15-37(14-5-2)33(40)12-11-32(39)36-30(19-27-17-28(34)20-29(18-27)41-23-25)31(38)22-35-21-26-10-7-9-24(6-3)16-26/h7,9-10,16-18,20,25,30-31,35,38H,4-6,8,11-15,19,21-23H2,1-3H3,(H,36,39)/t25?,30-,31+/m0/s1. The zero-order chi connectivity index (χ0) is 29.6. The Balaban J connectivity index is 1.78. The summed E-state index contributed by atoms with van der Waals surface area (Å²) in [7, 11) is 0. The van der Waals surface area contributed by atoms with Gasteiger partial charge in [-0.2, -0.15) is 0 Å². The van der Waals surface area contributed by atoms with Gasteiger partial charge in [-0.15, -0.1) is 0 Å². The van der Waals surface area contributed by atoms with E-state index in [0.717, 1.165) is 37.7 Å². The van der Waals surface area contributed by atoms with Crippen molar-refractivity contribution in [3.8, 4) is 5.75 Å². The minimum atomic E-state index is -0.930. The van der Waals surface area contributed by atoms with Gasteiger partial charge in [0.05, 0.1) is 18.8 Å². The SMILES string of the molecule is CCCC1CCN(CCC)C(=O)CCC(=O)N[C@H]([C@H](O)CNCc2cccc(CC)c2)Cc2cc(F)cc(c2)OC1. The summed E-state index contributed by atoms with van der Waals surface area (Å²) < 4.78 is 20.7. The van der Waals surface area contributed by atoms with Crippen LogP contribution < -0.4 is 15.4 Å². The highest BCUT2D eigenvalue weighted by Gasteiger charge is 2.24. The summed E-state index contributed by atoms with van der Waals surface area (Å²) in [6, 6.07) is 12.2. The lowest BCUT2D eigenvalue weighted by molar-refractivity contribution is -0.134. The lowest BCUT2D eigenvalue weighted by atomic mass is 9.99. The van der Waals surface area contributed by atoms with Crippen molar-refractivity contribution < 1.29 is 23.8 Å². The largest absolute Gasteiger partial charge is 0.493 e. The van der Waals surface area contributed by atoms with Gasteiger partial charge in [0.2, 0.25) is 11.8 Å². The van der Waals surface area contributed by atoms with Crippen LogP contribution in [0.2, 0.25) is 0 Å². The van der Waals surface area contributed by atoms with E-state index in [0.29, 0.717) is 37.6 Å². The zero-order valence-electron chi connectivity index (χ0n) is 25.0. The van der Waals surface area contributed by atoms with E-state index in [-0.39, 0.29) is 43.5 Å². The fourth-order valence-corrected chi connectivity index (χ4v) is 5.39. The highest BCUT2D eigenvalue weighted by molar-refractivity contribution is 5.84. The van der Waals surface area contributed by atoms with Gasteiger partial charge in [0.1, 0.15) is 11.6 Å². The highest BCUT2D eigenvalue weighted by Crippen LogP contribution is 2.22. The lowest BCUT2D eigenvalue weighted by Crippen LogP contribution is -2.49. The molecule has 2 aromatic carbocycles. The van der Waals surface area contributed by atoms with E-state index in [2.05, 4.69) is 36.6 Å². The van der Waals surface area contributed by atoms with Gasteiger partial charge < -0.3 is 25.4 Å². The number of nitrogens with one attached hydrogen (secondary N) is 2. The number of aliphatic hydroxyl groups is 1. The van der Waals surface area contributed by atoms with Gasteiger partial charge >= 0.3 is 0 Å². The summed E-state index contributed by atoms with van der Waals surface area (Å²) in [5, 5.41) is 17.3. The quantitative estimate of drug-likeness (QED) is 0.383. The van der Waals surface area contributed by atoms with Crippen molar-refractivity contribution in [3.63, 3.8) is 0 Å². The van der Waals surface area contributed by atoms with Crippen LogP contribution >= 0.6 is 0 Å². The summed E-state index contributed by atoms with van der Waals surface area (Å²) in [4.78, 5) is 27.8. The maximum absolute atomic E-state index is 14.6. The molecular formula is C33H48FN3O4. The van der Waals surface area contributed by atoms with Crippen LogP contribution in [0.4, 0.5) is 4.39 Å². The fourth-order valence-electron chi connectivity index (χ4n) is 5.39. The van der Waals surface area contributed by atoms with E-state index in [1.54, 1.807) is 6.07 Å². The predicted molar refractivity (Wildman–Crippen MR) is 160 cm³/mol. The van der Waals surface area contributed by atoms with Crippen LogP contribution in [-0.4, -0.2) is 60.2 Å². The molecule has 1 aliphatic heterocycles. The van der Waals surface area contributed by atoms with Gasteiger partial charge in [0.15, 0.2) is 0 Å². The average molecular weight is 570 g/mol. The van der Waals surface area contributed by atoms with Crippen LogP contribution in [0.3, 0.4) is 0 Å². The average Bonchev–Trinajstić information content (AvgIpc) is 2.95. The number of aliphatic hydroxyl groups excluding tert-OH is 1. The molecule has 0 aromatic heterocycles. The highest BCUT2D eigenvalue weighted by atomic mass is 19.1. The Morgan fingerprint density at radius 2 is 1.90 bits per heavy atom. The normalized spacial score (nSPS) is 19.9. The van der Waals surface area contributed by atoms with Crippen molar-refractivity contribution >= 4 is 11.8 Å². The van der Waals surface area contributed by atoms with E-state index in [1.165, 1.54) is 17.7 Å². The molecule has 1 aliphatic rings. The maximum atomic E-state index is 14.6. The zero-order valence-corrected chi connectivity index (χ0v) is 25.0. The number of benzene rings is 2. The first-order valence-electron chi connectivity index (χ1n) is 15.3. The lowest BCUT2D eigenvalue weighted by Gasteiger charge is -2.27. The molecule has 3 rings (SSSR count). The first kappa shape index (κ1) is 32.5. The molecule has 2 aromatic rings. The number of aryl methyl sites for hydroxylation is 1. The van der Waals surface area contributed by atoms with Crippen LogP contribution in [0.25, 0.3) is 0 Å². The molecule has 1 heterocycles. The molecule has 0 saturated carbocycles. The van der Waals surface area contributed by atoms with Crippen molar-refractivity contribution in [3.05, 3.63) is 65.0 Å². The Bertz CT molecular complexity index is 1110. The van der Waals surface area contributed by atoms with Crippen molar-refractivity contribution in [1.29, 1.82) is 0 Å². The Kier molecular flexibility index (Phi) is 13.6. The number of carbonyl (C=O) groups excluding carboxylic acids is 2. The summed E-state index contributed by atoms with van der Waals surface area (Å²) in [5.41, 5.74) is 2.98. The monoisotopic (exact) mass is 569 g/mol. The summed E-state index contributed by atoms with van der Waals surface area (Å²) >= 11 is 0. The number of amides is 2. The third-order valence-corrected chi connectivity index (χ3v) is 7.68. The molecule has 8 heteroatoms. The second-order valence-electron chi connectivity index (χ2n) is 11.2. The van der Waals surface area contributed by atoms with Crippen LogP contribution in [0.5, 0.6) is 5.75 Å². The second-order valence-corrected chi connectivity index (χ2v) is 11.2. The number of ether oxygens (including phenoxy) is 1. The van der Waals surface area contributed by atoms with Crippen molar-refractivity contribution in [2.24, 2.45) is 5.92 Å². The van der Waals surface area contributed by atoms with Gasteiger partial charge in [-0.05, 0) is 66.8 Å². The van der Waals surface area contributed by atoms with Crippen molar-refractivity contribution in [1.82, 2.24) is 15.5 Å². The van der Waals surface area contributed by atoms with Gasteiger partial charge in [-0.1, -0.05) is 51.5 Å². The number of hydrogen-bond donors (Lipinski definition) is 3. The predicted octanol–water partition coefficient (Wildman–Crippen LogP) is 4.78. The third kappa shape index (κ3) is 11.1. The smallest absolute Gasteiger partial charge is 0.223 e. The summed E-state index contributed by atoms with van der Waals surface area (Å²) in [6.07, 6.45) is 3.95. The first-order valence-corrected chi connectivity index (χ1v) is 15.3. The number of fused-ring (bicyclic) bond motifs is 2. The van der Waals surface area contributed by atoms with Gasteiger partial charge in [0.25, 0.3) is 0 Å². The van der Waals surface area contributed by atoms with E-state index >= 15 is 0 Å². The molecule has 0 fully saturated rings. The Morgan fingerprint density at radius 1 is 1.10 bits per heavy atom. The van der Waals surface area contributed by atoms with Gasteiger partial charge in [-0.25, -0.2) is 4.39 Å². The Labute approximate surface area is 244 Å². The molecular weight excluding hydrogens is 521 g/mol. The molecule has 2 bridgehead atoms. The van der Waals surface area contributed by atoms with Crippen LogP contribution in [0.15, 0.2) is 42.5 Å². The number of carbonyl (C=O) groups is 2. The van der Waals surface area contributed by atoms with E-state index in [4.69, 9.17) is 4.74 Å². The molecule has 226 valence electrons. The number of nitrogens with zero attached hydrogens (tertiary/aromatic N) is 1. The fraction of sp³-hybridized carbons (Fsp3) is 0.576. The van der Waals surface area contributed by atoms with Crippen molar-refractivity contribution in [2.45, 2.75) is 90.8 Å². The molecule has 0 saturated heterocycles. The van der Waals surface area contributed by atoms with E-state index in [9.17, 15) is 19.1 Å². The molecule has 3 atom stereocenters. The molecule has 7 nitrogen and oxygen atoms in total. The van der Waals surface area contributed by atoms with E-state index < -0.39 is 18.0 Å². The number of halogens is 1. The maximum Gasteiger partial charge on any atom is 0.223 e.